The summed E-state index contributed by atoms with van der Waals surface area (Å²) >= 11 is 0. The number of para-hydroxylation sites is 1. The third kappa shape index (κ3) is 3.67. The van der Waals surface area contributed by atoms with Gasteiger partial charge in [-0.15, -0.1) is 0 Å². The molecule has 0 amide bonds. The van der Waals surface area contributed by atoms with Crippen LogP contribution in [-0.4, -0.2) is 22.1 Å². The van der Waals surface area contributed by atoms with Crippen LogP contribution in [0.2, 0.25) is 0 Å². The van der Waals surface area contributed by atoms with Gasteiger partial charge in [-0.2, -0.15) is 0 Å². The van der Waals surface area contributed by atoms with E-state index < -0.39 is 11.2 Å². The molecule has 0 aliphatic carbocycles. The summed E-state index contributed by atoms with van der Waals surface area (Å²) < 4.78 is 8.31. The third-order valence-electron chi connectivity index (χ3n) is 4.44. The smallest absolute Gasteiger partial charge is 0.332 e. The van der Waals surface area contributed by atoms with E-state index in [0.29, 0.717) is 13.0 Å². The van der Waals surface area contributed by atoms with E-state index in [1.807, 2.05) is 30.3 Å². The van der Waals surface area contributed by atoms with E-state index in [-0.39, 0.29) is 11.5 Å². The molecule has 0 saturated carbocycles. The van der Waals surface area contributed by atoms with Crippen molar-refractivity contribution in [3.8, 4) is 0 Å². The summed E-state index contributed by atoms with van der Waals surface area (Å²) in [6, 6.07) is 9.89. The molecule has 0 unspecified atom stereocenters. The van der Waals surface area contributed by atoms with Gasteiger partial charge in [-0.05, 0) is 38.6 Å². The normalized spacial score (nSPS) is 11.5. The molecule has 0 N–H and O–H groups in total. The van der Waals surface area contributed by atoms with E-state index in [9.17, 15) is 9.59 Å². The van der Waals surface area contributed by atoms with Crippen molar-refractivity contribution in [3.63, 3.8) is 0 Å². The molecule has 1 aromatic carbocycles. The molecule has 0 radical (unpaired) electrons. The molecule has 7 nitrogen and oxygen atoms in total. The van der Waals surface area contributed by atoms with Crippen molar-refractivity contribution in [1.29, 1.82) is 0 Å². The Labute approximate surface area is 156 Å². The number of hydrogen-bond acceptors (Lipinski definition) is 5. The van der Waals surface area contributed by atoms with Gasteiger partial charge in [0.2, 0.25) is 0 Å². The van der Waals surface area contributed by atoms with Gasteiger partial charge in [0.1, 0.15) is 11.3 Å². The molecule has 3 aromatic rings. The Kier molecular flexibility index (Phi) is 5.49. The summed E-state index contributed by atoms with van der Waals surface area (Å²) in [6.07, 6.45) is 3.72. The summed E-state index contributed by atoms with van der Waals surface area (Å²) in [4.78, 5) is 32.9. The maximum Gasteiger partial charge on any atom is 0.332 e. The van der Waals surface area contributed by atoms with E-state index >= 15 is 0 Å². The SMILES string of the molecule is C=Nc1c(N=CC)n(C)c(=O)n(CCCCc2cc3ccccc3o2)c1=O. The molecule has 0 spiro atoms. The van der Waals surface area contributed by atoms with Gasteiger partial charge in [-0.1, -0.05) is 18.2 Å². The summed E-state index contributed by atoms with van der Waals surface area (Å²) in [5.41, 5.74) is 0.0908. The lowest BCUT2D eigenvalue weighted by atomic mass is 10.2. The second kappa shape index (κ2) is 7.99. The highest BCUT2D eigenvalue weighted by molar-refractivity contribution is 5.77. The van der Waals surface area contributed by atoms with Crippen molar-refractivity contribution >= 4 is 35.4 Å². The zero-order valence-corrected chi connectivity index (χ0v) is 15.5. The van der Waals surface area contributed by atoms with Gasteiger partial charge in [0.25, 0.3) is 5.56 Å². The number of unbranched alkanes of at least 4 members (excludes halogenated alkanes) is 1. The van der Waals surface area contributed by atoms with Crippen molar-refractivity contribution in [2.24, 2.45) is 17.0 Å². The number of benzene rings is 1. The molecule has 0 aliphatic rings. The molecule has 2 heterocycles. The fourth-order valence-electron chi connectivity index (χ4n) is 3.08. The summed E-state index contributed by atoms with van der Waals surface area (Å²) in [5.74, 6) is 1.12. The second-order valence-electron chi connectivity index (χ2n) is 6.22. The minimum atomic E-state index is -0.461. The summed E-state index contributed by atoms with van der Waals surface area (Å²) in [6.45, 7) is 5.46. The van der Waals surface area contributed by atoms with Crippen molar-refractivity contribution in [3.05, 3.63) is 56.9 Å². The van der Waals surface area contributed by atoms with E-state index in [2.05, 4.69) is 16.7 Å². The molecule has 0 atom stereocenters. The molecular formula is C20H22N4O3. The maximum atomic E-state index is 12.6. The zero-order valence-electron chi connectivity index (χ0n) is 15.5. The monoisotopic (exact) mass is 366 g/mol. The first-order chi connectivity index (χ1) is 13.1. The van der Waals surface area contributed by atoms with Gasteiger partial charge in [-0.3, -0.25) is 18.9 Å². The van der Waals surface area contributed by atoms with Crippen molar-refractivity contribution in [2.45, 2.75) is 32.7 Å². The van der Waals surface area contributed by atoms with Crippen molar-refractivity contribution in [2.75, 3.05) is 0 Å². The number of nitrogens with zero attached hydrogens (tertiary/aromatic N) is 4. The van der Waals surface area contributed by atoms with Gasteiger partial charge in [-0.25, -0.2) is 9.79 Å². The van der Waals surface area contributed by atoms with Crippen LogP contribution < -0.4 is 11.2 Å². The Morgan fingerprint density at radius 2 is 2.00 bits per heavy atom. The van der Waals surface area contributed by atoms with Crippen LogP contribution >= 0.6 is 0 Å². The number of fused-ring (bicyclic) bond motifs is 1. The number of rotatable bonds is 7. The van der Waals surface area contributed by atoms with Gasteiger partial charge in [0.05, 0.1) is 0 Å². The average Bonchev–Trinajstić information content (AvgIpc) is 3.08. The fourth-order valence-corrected chi connectivity index (χ4v) is 3.08. The number of aromatic nitrogens is 2. The predicted octanol–water partition coefficient (Wildman–Crippen LogP) is 3.37. The minimum Gasteiger partial charge on any atom is -0.461 e. The first-order valence-electron chi connectivity index (χ1n) is 8.83. The van der Waals surface area contributed by atoms with Crippen LogP contribution in [0.3, 0.4) is 0 Å². The number of hydrogen-bond donors (Lipinski definition) is 0. The molecule has 0 fully saturated rings. The maximum absolute atomic E-state index is 12.6. The van der Waals surface area contributed by atoms with Crippen LogP contribution in [0.15, 0.2) is 54.3 Å². The van der Waals surface area contributed by atoms with Gasteiger partial charge < -0.3 is 4.42 Å². The number of aryl methyl sites for hydroxylation is 1. The second-order valence-corrected chi connectivity index (χ2v) is 6.22. The fraction of sp³-hybridized carbons (Fsp3) is 0.300. The van der Waals surface area contributed by atoms with Crippen LogP contribution in [0, 0.1) is 0 Å². The average molecular weight is 366 g/mol. The van der Waals surface area contributed by atoms with Crippen LogP contribution in [0.4, 0.5) is 11.5 Å². The molecule has 27 heavy (non-hydrogen) atoms. The molecule has 7 heteroatoms. The highest BCUT2D eigenvalue weighted by Gasteiger charge is 2.15. The number of furan rings is 1. The Balaban J connectivity index is 1.74. The molecule has 0 aliphatic heterocycles. The van der Waals surface area contributed by atoms with Crippen molar-refractivity contribution < 1.29 is 4.42 Å². The lowest BCUT2D eigenvalue weighted by molar-refractivity contribution is 0.505. The number of aliphatic imine (C=N–C) groups is 2. The zero-order chi connectivity index (χ0) is 19.4. The first kappa shape index (κ1) is 18.6. The molecule has 2 aromatic heterocycles. The Morgan fingerprint density at radius 1 is 1.22 bits per heavy atom. The largest absolute Gasteiger partial charge is 0.461 e. The van der Waals surface area contributed by atoms with Crippen LogP contribution in [-0.2, 0) is 20.0 Å². The molecule has 0 bridgehead atoms. The van der Waals surface area contributed by atoms with Crippen LogP contribution in [0.5, 0.6) is 0 Å². The molecule has 3 rings (SSSR count). The quantitative estimate of drug-likeness (QED) is 0.475. The van der Waals surface area contributed by atoms with Gasteiger partial charge >= 0.3 is 5.69 Å². The third-order valence-corrected chi connectivity index (χ3v) is 4.44. The van der Waals surface area contributed by atoms with Crippen molar-refractivity contribution in [1.82, 2.24) is 9.13 Å². The highest BCUT2D eigenvalue weighted by atomic mass is 16.3. The Bertz CT molecular complexity index is 1090. The standard InChI is InChI=1S/C20H22N4O3/c1-4-22-18-17(21-2)19(25)24(20(26)23(18)3)12-8-7-10-15-13-14-9-5-6-11-16(14)27-15/h4-6,9,11,13H,2,7-8,10,12H2,1,3H3. The van der Waals surface area contributed by atoms with Gasteiger partial charge in [0, 0.05) is 31.6 Å². The molecule has 140 valence electrons. The Hall–Kier alpha value is -3.22. The predicted molar refractivity (Wildman–Crippen MR) is 108 cm³/mol. The lowest BCUT2D eigenvalue weighted by Crippen LogP contribution is -2.38. The summed E-state index contributed by atoms with van der Waals surface area (Å²) in [7, 11) is 1.57. The lowest BCUT2D eigenvalue weighted by Gasteiger charge is -2.11. The molecule has 0 saturated heterocycles. The van der Waals surface area contributed by atoms with E-state index in [1.165, 1.54) is 15.3 Å². The van der Waals surface area contributed by atoms with Crippen LogP contribution in [0.25, 0.3) is 11.0 Å². The van der Waals surface area contributed by atoms with E-state index in [1.54, 1.807) is 14.0 Å². The summed E-state index contributed by atoms with van der Waals surface area (Å²) in [5, 5.41) is 1.08. The highest BCUT2D eigenvalue weighted by Crippen LogP contribution is 2.21. The first-order valence-corrected chi connectivity index (χ1v) is 8.83. The van der Waals surface area contributed by atoms with E-state index in [0.717, 1.165) is 29.6 Å². The van der Waals surface area contributed by atoms with Crippen LogP contribution in [0.1, 0.15) is 25.5 Å². The Morgan fingerprint density at radius 3 is 2.70 bits per heavy atom. The molecular weight excluding hydrogens is 344 g/mol. The topological polar surface area (TPSA) is 81.9 Å². The van der Waals surface area contributed by atoms with Gasteiger partial charge in [0.15, 0.2) is 11.5 Å². The minimum absolute atomic E-state index is 0.0903. The van der Waals surface area contributed by atoms with E-state index in [4.69, 9.17) is 4.42 Å².